The molecule has 0 fully saturated rings. The van der Waals surface area contributed by atoms with Crippen molar-refractivity contribution in [2.45, 2.75) is 83.2 Å². The molecule has 0 saturated carbocycles. The van der Waals surface area contributed by atoms with Crippen molar-refractivity contribution in [3.63, 3.8) is 0 Å². The highest BCUT2D eigenvalue weighted by atomic mass is 35.5. The summed E-state index contributed by atoms with van der Waals surface area (Å²) >= 11 is 6.77. The summed E-state index contributed by atoms with van der Waals surface area (Å²) in [5, 5.41) is 27.2. The Morgan fingerprint density at radius 1 is 0.981 bits per heavy atom. The smallest absolute Gasteiger partial charge is 0.265 e. The molecular weight excluding hydrogens is 726 g/mol. The molecule has 4 aromatic rings. The summed E-state index contributed by atoms with van der Waals surface area (Å²) in [6.45, 7) is 9.88. The fourth-order valence-corrected chi connectivity index (χ4v) is 9.62. The molecule has 0 amide bonds. The minimum atomic E-state index is -2.91. The first kappa shape index (κ1) is 38.0. The highest BCUT2D eigenvalue weighted by Crippen LogP contribution is 2.60. The van der Waals surface area contributed by atoms with E-state index in [0.717, 1.165) is 11.1 Å². The summed E-state index contributed by atoms with van der Waals surface area (Å²) < 4.78 is 25.6. The molecule has 284 valence electrons. The van der Waals surface area contributed by atoms with Crippen molar-refractivity contribution < 1.29 is 38.2 Å². The zero-order chi connectivity index (χ0) is 38.7. The number of aliphatic hydroxyl groups is 2. The van der Waals surface area contributed by atoms with Gasteiger partial charge in [0.15, 0.2) is 31.2 Å². The zero-order valence-corrected chi connectivity index (χ0v) is 33.4. The number of benzene rings is 2. The van der Waals surface area contributed by atoms with E-state index in [2.05, 4.69) is 30.9 Å². The maximum Gasteiger partial charge on any atom is 0.265 e. The Balaban J connectivity index is 1.42. The molecule has 54 heavy (non-hydrogen) atoms. The lowest BCUT2D eigenvalue weighted by Gasteiger charge is -2.55. The maximum absolute atomic E-state index is 15.5. The maximum atomic E-state index is 15.5. The molecule has 2 heterocycles. The lowest BCUT2D eigenvalue weighted by molar-refractivity contribution is -0.0480. The molecular formula is C41H46ClN3O8Si. The lowest BCUT2D eigenvalue weighted by Crippen LogP contribution is -2.65. The molecule has 0 radical (unpaired) electrons. The number of Topliss-reactive ketones (excluding diaryl/α,β-unsaturated/α-hetero) is 2. The molecule has 3 aliphatic carbocycles. The Hall–Kier alpha value is -4.33. The van der Waals surface area contributed by atoms with Crippen molar-refractivity contribution in [3.8, 4) is 11.6 Å². The summed E-state index contributed by atoms with van der Waals surface area (Å²) in [5.74, 6) is -2.42. The van der Waals surface area contributed by atoms with Gasteiger partial charge < -0.3 is 28.6 Å². The van der Waals surface area contributed by atoms with Crippen LogP contribution >= 0.6 is 11.6 Å². The SMILES string of the molecule is CN(C)[C@@H]1c2onc(OCc3ccccc3)c2C(=O)[C@@]2(O[Si](C)(C)C(C)(C)C)C(O)=C3C(=O)c4c(c(Cl)nc(CO)c4OCc4ccccc4)C[C@H]3C[C@@H]12. The normalized spacial score (nSPS) is 22.4. The van der Waals surface area contributed by atoms with Crippen molar-refractivity contribution in [2.24, 2.45) is 11.8 Å². The van der Waals surface area contributed by atoms with Crippen molar-refractivity contribution in [1.82, 2.24) is 15.0 Å². The van der Waals surface area contributed by atoms with Gasteiger partial charge in [-0.1, -0.05) is 93.0 Å². The fourth-order valence-electron chi connectivity index (χ4n) is 7.90. The van der Waals surface area contributed by atoms with Crippen LogP contribution in [0.1, 0.15) is 82.1 Å². The van der Waals surface area contributed by atoms with Gasteiger partial charge >= 0.3 is 0 Å². The van der Waals surface area contributed by atoms with Crippen LogP contribution in [0.2, 0.25) is 23.3 Å². The monoisotopic (exact) mass is 771 g/mol. The molecule has 0 spiro atoms. The average Bonchev–Trinajstić information content (AvgIpc) is 3.55. The summed E-state index contributed by atoms with van der Waals surface area (Å²) in [5.41, 5.74) is 0.527. The van der Waals surface area contributed by atoms with Gasteiger partial charge in [-0.2, -0.15) is 0 Å². The van der Waals surface area contributed by atoms with E-state index in [1.807, 2.05) is 92.8 Å². The Kier molecular flexibility index (Phi) is 9.89. The molecule has 0 unspecified atom stereocenters. The second kappa shape index (κ2) is 14.1. The average molecular weight is 772 g/mol. The van der Waals surface area contributed by atoms with Crippen molar-refractivity contribution in [2.75, 3.05) is 14.1 Å². The third kappa shape index (κ3) is 6.17. The zero-order valence-electron chi connectivity index (χ0n) is 31.6. The molecule has 3 aliphatic rings. The number of ether oxygens (including phenoxy) is 2. The number of allylic oxidation sites excluding steroid dienone is 1. The first-order valence-electron chi connectivity index (χ1n) is 18.2. The van der Waals surface area contributed by atoms with Crippen molar-refractivity contribution >= 4 is 31.5 Å². The van der Waals surface area contributed by atoms with Gasteiger partial charge in [0.2, 0.25) is 5.78 Å². The molecule has 0 bridgehead atoms. The lowest BCUT2D eigenvalue weighted by atomic mass is 9.58. The number of carbonyl (C=O) groups is 2. The van der Waals surface area contributed by atoms with Crippen LogP contribution in [0.4, 0.5) is 0 Å². The molecule has 2 N–H and O–H groups in total. The molecule has 0 saturated heterocycles. The topological polar surface area (TPSA) is 144 Å². The van der Waals surface area contributed by atoms with Crippen LogP contribution in [0, 0.1) is 11.8 Å². The van der Waals surface area contributed by atoms with E-state index < -0.39 is 55.7 Å². The van der Waals surface area contributed by atoms with Gasteiger partial charge in [-0.05, 0) is 67.3 Å². The molecule has 11 nitrogen and oxygen atoms in total. The van der Waals surface area contributed by atoms with E-state index in [-0.39, 0.29) is 70.3 Å². The molecule has 13 heteroatoms. The van der Waals surface area contributed by atoms with Gasteiger partial charge in [-0.15, -0.1) is 0 Å². The fraction of sp³-hybridized carbons (Fsp3) is 0.415. The van der Waals surface area contributed by atoms with E-state index in [9.17, 15) is 10.2 Å². The molecule has 2 aromatic heterocycles. The largest absolute Gasteiger partial charge is 0.508 e. The second-order valence-electron chi connectivity index (χ2n) is 16.1. The van der Waals surface area contributed by atoms with Crippen LogP contribution in [0.25, 0.3) is 0 Å². The van der Waals surface area contributed by atoms with Crippen LogP contribution in [-0.2, 0) is 30.7 Å². The quantitative estimate of drug-likeness (QED) is 0.120. The molecule has 0 aliphatic heterocycles. The summed E-state index contributed by atoms with van der Waals surface area (Å²) in [6, 6.07) is 18.3. The van der Waals surface area contributed by atoms with Crippen molar-refractivity contribution in [1.29, 1.82) is 0 Å². The van der Waals surface area contributed by atoms with Crippen LogP contribution in [-0.4, -0.2) is 64.8 Å². The Bertz CT molecular complexity index is 2130. The van der Waals surface area contributed by atoms with Crippen LogP contribution < -0.4 is 9.47 Å². The van der Waals surface area contributed by atoms with Crippen LogP contribution in [0.15, 0.2) is 76.5 Å². The summed E-state index contributed by atoms with van der Waals surface area (Å²) in [6.07, 6.45) is 0.502. The first-order chi connectivity index (χ1) is 25.6. The number of aromatic nitrogens is 2. The number of hydrogen-bond donors (Lipinski definition) is 2. The van der Waals surface area contributed by atoms with E-state index in [1.165, 1.54) is 0 Å². The number of hydrogen-bond acceptors (Lipinski definition) is 11. The van der Waals surface area contributed by atoms with Crippen LogP contribution in [0.5, 0.6) is 11.6 Å². The summed E-state index contributed by atoms with van der Waals surface area (Å²) in [4.78, 5) is 36.9. The van der Waals surface area contributed by atoms with Gasteiger partial charge in [0, 0.05) is 17.1 Å². The number of fused-ring (bicyclic) bond motifs is 4. The van der Waals surface area contributed by atoms with Crippen LogP contribution in [0.3, 0.4) is 0 Å². The number of rotatable bonds is 10. The number of ketones is 2. The van der Waals surface area contributed by atoms with Gasteiger partial charge in [-0.3, -0.25) is 14.5 Å². The number of aliphatic hydroxyl groups excluding tert-OH is 2. The van der Waals surface area contributed by atoms with E-state index >= 15 is 9.59 Å². The van der Waals surface area contributed by atoms with Crippen molar-refractivity contribution in [3.05, 3.63) is 116 Å². The third-order valence-corrected chi connectivity index (χ3v) is 16.3. The van der Waals surface area contributed by atoms with Gasteiger partial charge in [-0.25, -0.2) is 4.98 Å². The number of carbonyl (C=O) groups excluding carboxylic acids is 2. The highest BCUT2D eigenvalue weighted by molar-refractivity contribution is 6.74. The van der Waals surface area contributed by atoms with E-state index in [0.29, 0.717) is 11.3 Å². The molecule has 7 rings (SSSR count). The minimum absolute atomic E-state index is 0.00959. The number of nitrogens with zero attached hydrogens (tertiary/aromatic N) is 3. The Morgan fingerprint density at radius 2 is 1.59 bits per heavy atom. The second-order valence-corrected chi connectivity index (χ2v) is 21.2. The highest BCUT2D eigenvalue weighted by Gasteiger charge is 2.67. The summed E-state index contributed by atoms with van der Waals surface area (Å²) in [7, 11) is 0.841. The Morgan fingerprint density at radius 3 is 2.17 bits per heavy atom. The standard InChI is InChI=1S/C41H46ClN3O8Si/c1-40(2,3)54(6,7)53-41-27(32(45(4)5)35-31(37(41)49)39(44-52-35)51-22-24-16-12-9-13-17-24)19-25-18-26-30(33(47)29(25)36(41)48)34(28(20-46)43-38(26)42)50-21-23-14-10-8-11-15-23/h8-17,25,27,32,46,48H,18-22H2,1-7H3/t25-,27-,32-,41-/m0/s1. The minimum Gasteiger partial charge on any atom is -0.508 e. The molecule has 4 atom stereocenters. The van der Waals surface area contributed by atoms with E-state index in [4.69, 9.17) is 30.0 Å². The number of pyridine rings is 1. The van der Waals surface area contributed by atoms with Gasteiger partial charge in [0.1, 0.15) is 35.4 Å². The van der Waals surface area contributed by atoms with Gasteiger partial charge in [0.05, 0.1) is 18.2 Å². The molecule has 2 aromatic carbocycles. The van der Waals surface area contributed by atoms with Gasteiger partial charge in [0.25, 0.3) is 5.88 Å². The predicted octanol–water partition coefficient (Wildman–Crippen LogP) is 7.82. The van der Waals surface area contributed by atoms with E-state index in [1.54, 1.807) is 0 Å². The number of halogens is 1. The third-order valence-electron chi connectivity index (χ3n) is 11.5. The predicted molar refractivity (Wildman–Crippen MR) is 204 cm³/mol. The Labute approximate surface area is 321 Å². The first-order valence-corrected chi connectivity index (χ1v) is 21.4.